The van der Waals surface area contributed by atoms with E-state index in [0.717, 1.165) is 20.9 Å². The highest BCUT2D eigenvalue weighted by molar-refractivity contribution is 8.15. The van der Waals surface area contributed by atoms with Crippen molar-refractivity contribution in [2.45, 2.75) is 13.8 Å². The van der Waals surface area contributed by atoms with Crippen molar-refractivity contribution in [3.05, 3.63) is 55.7 Å². The van der Waals surface area contributed by atoms with Gasteiger partial charge >= 0.3 is 5.69 Å². The average molecular weight is 439 g/mol. The molecule has 2 rings (SSSR count). The molecule has 0 aliphatic heterocycles. The van der Waals surface area contributed by atoms with E-state index in [2.05, 4.69) is 4.99 Å². The van der Waals surface area contributed by atoms with Crippen LogP contribution in [-0.4, -0.2) is 48.9 Å². The lowest BCUT2D eigenvalue weighted by Crippen LogP contribution is -2.40. The Morgan fingerprint density at radius 1 is 1.14 bits per heavy atom. The predicted octanol–water partition coefficient (Wildman–Crippen LogP) is 2.12. The van der Waals surface area contributed by atoms with Crippen molar-refractivity contribution in [3.63, 3.8) is 0 Å². The molecule has 156 valence electrons. The molecule has 1 aromatic carbocycles. The Labute approximate surface area is 177 Å². The van der Waals surface area contributed by atoms with Gasteiger partial charge in [-0.15, -0.1) is 0 Å². The van der Waals surface area contributed by atoms with Crippen molar-refractivity contribution >= 4 is 40.0 Å². The summed E-state index contributed by atoms with van der Waals surface area (Å²) >= 11 is 6.94. The maximum Gasteiger partial charge on any atom is 0.333 e. The second-order valence-corrected chi connectivity index (χ2v) is 7.55. The number of nitrogens with zero attached hydrogens (tertiary/aromatic N) is 4. The number of carbonyl (C=O) groups excluding carboxylic acids is 1. The van der Waals surface area contributed by atoms with E-state index in [9.17, 15) is 19.5 Å². The molecule has 0 spiro atoms. The Hall–Kier alpha value is -2.52. The van der Waals surface area contributed by atoms with Gasteiger partial charge in [-0.25, -0.2) is 9.79 Å². The number of benzene rings is 1. The van der Waals surface area contributed by atoms with E-state index in [-0.39, 0.29) is 22.3 Å². The van der Waals surface area contributed by atoms with Crippen LogP contribution in [0, 0.1) is 0 Å². The van der Waals surface area contributed by atoms with Gasteiger partial charge in [0.2, 0.25) is 11.8 Å². The highest BCUT2D eigenvalue weighted by Gasteiger charge is 2.22. The number of hydrogen-bond donors (Lipinski definition) is 1. The molecule has 1 heterocycles. The Morgan fingerprint density at radius 2 is 1.72 bits per heavy atom. The van der Waals surface area contributed by atoms with Gasteiger partial charge < -0.3 is 10.0 Å². The van der Waals surface area contributed by atoms with Crippen molar-refractivity contribution in [1.82, 2.24) is 14.0 Å². The number of rotatable bonds is 6. The van der Waals surface area contributed by atoms with Gasteiger partial charge in [0.25, 0.3) is 5.56 Å². The molecule has 0 atom stereocenters. The lowest BCUT2D eigenvalue weighted by atomic mass is 10.3. The van der Waals surface area contributed by atoms with E-state index in [1.165, 1.54) is 14.1 Å². The number of aromatic nitrogens is 2. The van der Waals surface area contributed by atoms with E-state index in [1.807, 2.05) is 13.8 Å². The number of amides is 1. The second-order valence-electron chi connectivity index (χ2n) is 6.15. The van der Waals surface area contributed by atoms with E-state index in [1.54, 1.807) is 29.2 Å². The Kier molecular flexibility index (Phi) is 7.69. The van der Waals surface area contributed by atoms with E-state index in [4.69, 9.17) is 11.6 Å². The van der Waals surface area contributed by atoms with Gasteiger partial charge in [-0.05, 0) is 38.1 Å². The van der Waals surface area contributed by atoms with Crippen LogP contribution < -0.4 is 11.2 Å². The molecule has 29 heavy (non-hydrogen) atoms. The molecule has 0 saturated carbocycles. The summed E-state index contributed by atoms with van der Waals surface area (Å²) in [5.41, 5.74) is -1.00. The molecule has 0 unspecified atom stereocenters. The third kappa shape index (κ3) is 5.10. The molecule has 0 bridgehead atoms. The number of halogens is 1. The Balaban J connectivity index is 2.57. The van der Waals surface area contributed by atoms with Crippen LogP contribution >= 0.6 is 23.4 Å². The summed E-state index contributed by atoms with van der Waals surface area (Å²) in [6.07, 6.45) is 0. The molecular weight excluding hydrogens is 416 g/mol. The zero-order chi connectivity index (χ0) is 21.7. The van der Waals surface area contributed by atoms with Crippen molar-refractivity contribution in [2.75, 3.05) is 18.8 Å². The molecule has 10 heteroatoms. The topological polar surface area (TPSA) is 96.9 Å². The summed E-state index contributed by atoms with van der Waals surface area (Å²) in [6.45, 7) is 4.88. The van der Waals surface area contributed by atoms with E-state index < -0.39 is 17.1 Å². The molecule has 0 saturated heterocycles. The van der Waals surface area contributed by atoms with Crippen LogP contribution in [0.15, 0.2) is 38.8 Å². The van der Waals surface area contributed by atoms with Crippen LogP contribution in [0.25, 0.3) is 0 Å². The third-order valence-corrected chi connectivity index (χ3v) is 5.57. The fraction of sp³-hybridized carbons (Fsp3) is 0.368. The minimum atomic E-state index is -0.693. The molecule has 8 nitrogen and oxygen atoms in total. The maximum atomic E-state index is 12.7. The monoisotopic (exact) mass is 438 g/mol. The number of aliphatic imine (C=N–C) groups is 1. The molecule has 0 fully saturated rings. The van der Waals surface area contributed by atoms with Crippen LogP contribution in [0.2, 0.25) is 5.02 Å². The van der Waals surface area contributed by atoms with Crippen LogP contribution in [-0.2, 0) is 18.9 Å². The quantitative estimate of drug-likeness (QED) is 0.550. The van der Waals surface area contributed by atoms with Crippen molar-refractivity contribution in [1.29, 1.82) is 0 Å². The molecule has 2 aromatic rings. The van der Waals surface area contributed by atoms with Gasteiger partial charge in [0.15, 0.2) is 0 Å². The van der Waals surface area contributed by atoms with Gasteiger partial charge in [-0.1, -0.05) is 23.4 Å². The second kappa shape index (κ2) is 9.80. The lowest BCUT2D eigenvalue weighted by molar-refractivity contribution is -0.127. The fourth-order valence-corrected chi connectivity index (χ4v) is 3.67. The van der Waals surface area contributed by atoms with Gasteiger partial charge in [0, 0.05) is 32.2 Å². The van der Waals surface area contributed by atoms with Crippen LogP contribution in [0.1, 0.15) is 19.4 Å². The SMILES string of the molecule is CCN(CC)C(=O)CSC(=Nc1ccc(Cl)cc1)c1c(O)n(C)c(=O)n(C)c1=O. The molecular formula is C19H23ClN4O4S. The number of thioether (sulfide) groups is 1. The standard InChI is InChI=1S/C19H23ClN4O4S/c1-5-24(6-2)14(25)11-29-16(21-13-9-7-12(20)8-10-13)15-17(26)22(3)19(28)23(4)18(15)27/h7-10,26H,5-6,11H2,1-4H3. The minimum Gasteiger partial charge on any atom is -0.494 e. The maximum absolute atomic E-state index is 12.7. The normalized spacial score (nSPS) is 11.6. The summed E-state index contributed by atoms with van der Waals surface area (Å²) < 4.78 is 1.85. The van der Waals surface area contributed by atoms with Crippen LogP contribution in [0.3, 0.4) is 0 Å². The van der Waals surface area contributed by atoms with Crippen molar-refractivity contribution < 1.29 is 9.90 Å². The van der Waals surface area contributed by atoms with Crippen LogP contribution in [0.5, 0.6) is 5.88 Å². The molecule has 0 radical (unpaired) electrons. The molecule has 1 N–H and O–H groups in total. The van der Waals surface area contributed by atoms with Gasteiger partial charge in [-0.2, -0.15) is 0 Å². The highest BCUT2D eigenvalue weighted by Crippen LogP contribution is 2.24. The Bertz CT molecular complexity index is 1040. The highest BCUT2D eigenvalue weighted by atomic mass is 35.5. The Morgan fingerprint density at radius 3 is 2.28 bits per heavy atom. The van der Waals surface area contributed by atoms with Gasteiger partial charge in [-0.3, -0.25) is 18.7 Å². The van der Waals surface area contributed by atoms with Gasteiger partial charge in [0.1, 0.15) is 10.6 Å². The zero-order valence-corrected chi connectivity index (χ0v) is 18.3. The van der Waals surface area contributed by atoms with Crippen molar-refractivity contribution in [2.24, 2.45) is 19.1 Å². The largest absolute Gasteiger partial charge is 0.494 e. The number of hydrogen-bond acceptors (Lipinski definition) is 6. The molecule has 0 aliphatic carbocycles. The molecule has 0 aliphatic rings. The summed E-state index contributed by atoms with van der Waals surface area (Å²) in [5.74, 6) is -0.599. The minimum absolute atomic E-state index is 0.0273. The first kappa shape index (κ1) is 22.8. The molecule has 1 amide bonds. The van der Waals surface area contributed by atoms with E-state index >= 15 is 0 Å². The summed E-state index contributed by atoms with van der Waals surface area (Å²) in [7, 11) is 2.67. The van der Waals surface area contributed by atoms with E-state index in [0.29, 0.717) is 23.8 Å². The predicted molar refractivity (Wildman–Crippen MR) is 117 cm³/mol. The smallest absolute Gasteiger partial charge is 0.333 e. The summed E-state index contributed by atoms with van der Waals surface area (Å²) in [6, 6.07) is 6.59. The van der Waals surface area contributed by atoms with Gasteiger partial charge in [0.05, 0.1) is 11.4 Å². The first-order chi connectivity index (χ1) is 13.7. The molecule has 1 aromatic heterocycles. The lowest BCUT2D eigenvalue weighted by Gasteiger charge is -2.18. The van der Waals surface area contributed by atoms with Crippen molar-refractivity contribution in [3.8, 4) is 5.88 Å². The third-order valence-electron chi connectivity index (χ3n) is 4.35. The summed E-state index contributed by atoms with van der Waals surface area (Å²) in [4.78, 5) is 43.3. The van der Waals surface area contributed by atoms with Crippen LogP contribution in [0.4, 0.5) is 5.69 Å². The first-order valence-electron chi connectivity index (χ1n) is 8.95. The average Bonchev–Trinajstić information content (AvgIpc) is 2.71. The number of aromatic hydroxyl groups is 1. The first-order valence-corrected chi connectivity index (χ1v) is 10.3. The fourth-order valence-electron chi connectivity index (χ4n) is 2.61. The zero-order valence-electron chi connectivity index (χ0n) is 16.7. The number of carbonyl (C=O) groups is 1. The summed E-state index contributed by atoms with van der Waals surface area (Å²) in [5, 5.41) is 11.1.